The lowest BCUT2D eigenvalue weighted by molar-refractivity contribution is -0.119. The summed E-state index contributed by atoms with van der Waals surface area (Å²) in [5.41, 5.74) is 6.60. The molecule has 12 heteroatoms. The van der Waals surface area contributed by atoms with Crippen molar-refractivity contribution in [1.82, 2.24) is 14.3 Å². The number of imidazole rings is 1. The molecule has 1 fully saturated rings. The molecule has 2 aliphatic heterocycles. The van der Waals surface area contributed by atoms with E-state index in [2.05, 4.69) is 29.0 Å². The number of carbonyl (C=O) groups excluding carboxylic acids is 1. The van der Waals surface area contributed by atoms with Crippen molar-refractivity contribution in [2.45, 2.75) is 25.7 Å². The SMILES string of the molecule is O=C1CCCCN1c1ccc(-c2ccc(Cc3nc(-c4ccc(Cl)cc4Cl)cn3-c3ccc(N4C=C(O)NS4(=O)=O)cc3)cc2)cc1. The highest BCUT2D eigenvalue weighted by atomic mass is 35.5. The highest BCUT2D eigenvalue weighted by Gasteiger charge is 2.28. The van der Waals surface area contributed by atoms with E-state index in [1.54, 1.807) is 36.4 Å². The third-order valence-electron chi connectivity index (χ3n) is 8.25. The Labute approximate surface area is 282 Å². The van der Waals surface area contributed by atoms with E-state index in [0.29, 0.717) is 34.3 Å². The third-order valence-corrected chi connectivity index (χ3v) is 10.1. The number of nitrogens with zero attached hydrogens (tertiary/aromatic N) is 4. The lowest BCUT2D eigenvalue weighted by atomic mass is 10.0. The van der Waals surface area contributed by atoms with Crippen LogP contribution in [0.1, 0.15) is 30.7 Å². The Kier molecular flexibility index (Phi) is 8.17. The molecule has 0 aliphatic carbocycles. The molecular weight excluding hydrogens is 657 g/mol. The second-order valence-corrected chi connectivity index (χ2v) is 13.8. The molecule has 0 unspecified atom stereocenters. The third kappa shape index (κ3) is 6.32. The Bertz CT molecular complexity index is 2110. The second kappa shape index (κ2) is 12.4. The number of carbonyl (C=O) groups is 1. The first kappa shape index (κ1) is 30.9. The molecule has 0 radical (unpaired) electrons. The summed E-state index contributed by atoms with van der Waals surface area (Å²) >= 11 is 12.7. The van der Waals surface area contributed by atoms with E-state index in [0.717, 1.165) is 69.3 Å². The van der Waals surface area contributed by atoms with E-state index in [9.17, 15) is 18.3 Å². The second-order valence-electron chi connectivity index (χ2n) is 11.4. The van der Waals surface area contributed by atoms with Gasteiger partial charge in [-0.1, -0.05) is 59.6 Å². The Balaban J connectivity index is 1.17. The molecule has 7 rings (SSSR count). The van der Waals surface area contributed by atoms with Gasteiger partial charge in [0.25, 0.3) is 0 Å². The number of rotatable bonds is 7. The highest BCUT2D eigenvalue weighted by Crippen LogP contribution is 2.33. The molecule has 0 atom stereocenters. The van der Waals surface area contributed by atoms with Crippen molar-refractivity contribution < 1.29 is 18.3 Å². The van der Waals surface area contributed by atoms with Crippen molar-refractivity contribution in [3.05, 3.63) is 131 Å². The predicted octanol–water partition coefficient (Wildman–Crippen LogP) is 7.63. The molecule has 0 spiro atoms. The van der Waals surface area contributed by atoms with Crippen LogP contribution in [0.5, 0.6) is 0 Å². The number of aromatic nitrogens is 2. The Morgan fingerprint density at radius 1 is 0.830 bits per heavy atom. The van der Waals surface area contributed by atoms with Crippen LogP contribution < -0.4 is 13.9 Å². The van der Waals surface area contributed by atoms with Crippen molar-refractivity contribution in [3.8, 4) is 28.1 Å². The van der Waals surface area contributed by atoms with Crippen molar-refractivity contribution in [2.75, 3.05) is 15.7 Å². The van der Waals surface area contributed by atoms with Crippen LogP contribution in [0.25, 0.3) is 28.1 Å². The van der Waals surface area contributed by atoms with Crippen molar-refractivity contribution in [3.63, 3.8) is 0 Å². The van der Waals surface area contributed by atoms with Gasteiger partial charge in [0, 0.05) is 47.5 Å². The van der Waals surface area contributed by atoms with Gasteiger partial charge in [0.1, 0.15) is 5.82 Å². The molecule has 2 aliphatic rings. The summed E-state index contributed by atoms with van der Waals surface area (Å²) in [4.78, 5) is 19.2. The molecule has 47 heavy (non-hydrogen) atoms. The molecule has 0 bridgehead atoms. The minimum absolute atomic E-state index is 0.179. The zero-order valence-electron chi connectivity index (χ0n) is 25.0. The summed E-state index contributed by atoms with van der Waals surface area (Å²) in [7, 11) is -3.91. The van der Waals surface area contributed by atoms with Crippen LogP contribution >= 0.6 is 23.2 Å². The molecule has 2 N–H and O–H groups in total. The van der Waals surface area contributed by atoms with E-state index in [1.807, 2.05) is 46.0 Å². The number of hydrogen-bond donors (Lipinski definition) is 2. The van der Waals surface area contributed by atoms with E-state index in [-0.39, 0.29) is 5.91 Å². The van der Waals surface area contributed by atoms with E-state index < -0.39 is 16.1 Å². The first-order valence-electron chi connectivity index (χ1n) is 15.0. The number of nitrogens with one attached hydrogen (secondary N) is 1. The molecule has 1 aromatic heterocycles. The maximum Gasteiger partial charge on any atom is 0.330 e. The van der Waals surface area contributed by atoms with Gasteiger partial charge in [0.15, 0.2) is 0 Å². The zero-order valence-corrected chi connectivity index (χ0v) is 27.3. The fourth-order valence-corrected chi connectivity index (χ4v) is 7.42. The van der Waals surface area contributed by atoms with E-state index in [4.69, 9.17) is 28.2 Å². The van der Waals surface area contributed by atoms with Crippen molar-refractivity contribution in [1.29, 1.82) is 0 Å². The minimum Gasteiger partial charge on any atom is -0.493 e. The van der Waals surface area contributed by atoms with Crippen LogP contribution in [0.3, 0.4) is 0 Å². The molecule has 3 heterocycles. The molecule has 1 amide bonds. The normalized spacial score (nSPS) is 15.9. The summed E-state index contributed by atoms with van der Waals surface area (Å²) in [5, 5.41) is 10.7. The smallest absolute Gasteiger partial charge is 0.330 e. The van der Waals surface area contributed by atoms with E-state index in [1.165, 1.54) is 0 Å². The molecule has 4 aromatic carbocycles. The number of hydrogen-bond acceptors (Lipinski definition) is 5. The summed E-state index contributed by atoms with van der Waals surface area (Å²) in [5.74, 6) is 0.473. The van der Waals surface area contributed by atoms with Crippen LogP contribution in [0.15, 0.2) is 109 Å². The van der Waals surface area contributed by atoms with Crippen LogP contribution in [0, 0.1) is 0 Å². The summed E-state index contributed by atoms with van der Waals surface area (Å²) < 4.78 is 29.7. The van der Waals surface area contributed by atoms with Gasteiger partial charge in [-0.05, 0) is 84.1 Å². The summed E-state index contributed by atoms with van der Waals surface area (Å²) in [6.07, 6.45) is 6.09. The standard InChI is InChI=1S/C35H29Cl2N5O4S/c36-26-10-17-30(31(37)20-26)32-21-41(28-13-15-29(16-14-28)42-22-34(43)39-47(42,45)46)33(38-32)19-23-4-6-24(7-5-23)25-8-11-27(12-9-25)40-18-2-1-3-35(40)44/h4-17,20-22,39,43H,1-3,18-19H2. The fourth-order valence-electron chi connectivity index (χ4n) is 5.87. The van der Waals surface area contributed by atoms with Crippen molar-refractivity contribution >= 4 is 50.7 Å². The molecule has 238 valence electrons. The number of piperidine rings is 1. The molecule has 9 nitrogen and oxygen atoms in total. The zero-order chi connectivity index (χ0) is 32.7. The average Bonchev–Trinajstić information content (AvgIpc) is 3.60. The maximum absolute atomic E-state index is 12.4. The van der Waals surface area contributed by atoms with Gasteiger partial charge in [-0.15, -0.1) is 0 Å². The van der Waals surface area contributed by atoms with Gasteiger partial charge in [0.05, 0.1) is 22.6 Å². The van der Waals surface area contributed by atoms with E-state index >= 15 is 0 Å². The van der Waals surface area contributed by atoms with Gasteiger partial charge >= 0.3 is 10.2 Å². The first-order chi connectivity index (χ1) is 22.6. The fraction of sp³-hybridized carbons (Fsp3) is 0.143. The van der Waals surface area contributed by atoms with Crippen LogP contribution in [0.2, 0.25) is 10.0 Å². The molecule has 5 aromatic rings. The summed E-state index contributed by atoms with van der Waals surface area (Å²) in [6.45, 7) is 0.762. The molecule has 0 saturated carbocycles. The Morgan fingerprint density at radius 2 is 1.49 bits per heavy atom. The predicted molar refractivity (Wildman–Crippen MR) is 185 cm³/mol. The number of amides is 1. The lowest BCUT2D eigenvalue weighted by Crippen LogP contribution is -2.35. The van der Waals surface area contributed by atoms with Gasteiger partial charge in [-0.25, -0.2) is 14.0 Å². The monoisotopic (exact) mass is 685 g/mol. The van der Waals surface area contributed by atoms with Gasteiger partial charge < -0.3 is 14.6 Å². The first-order valence-corrected chi connectivity index (χ1v) is 17.2. The average molecular weight is 687 g/mol. The van der Waals surface area contributed by atoms with Crippen LogP contribution in [0.4, 0.5) is 11.4 Å². The van der Waals surface area contributed by atoms with Gasteiger partial charge in [-0.3, -0.25) is 4.79 Å². The number of benzene rings is 4. The minimum atomic E-state index is -3.91. The lowest BCUT2D eigenvalue weighted by Gasteiger charge is -2.26. The number of aliphatic hydroxyl groups excluding tert-OH is 1. The Hall–Kier alpha value is -4.77. The quantitative estimate of drug-likeness (QED) is 0.183. The Morgan fingerprint density at radius 3 is 2.13 bits per heavy atom. The number of halogens is 2. The maximum atomic E-state index is 12.4. The topological polar surface area (TPSA) is 108 Å². The summed E-state index contributed by atoms with van der Waals surface area (Å²) in [6, 6.07) is 28.5. The van der Waals surface area contributed by atoms with Gasteiger partial charge in [0.2, 0.25) is 11.8 Å². The van der Waals surface area contributed by atoms with Crippen molar-refractivity contribution in [2.24, 2.45) is 0 Å². The van der Waals surface area contributed by atoms with Crippen LogP contribution in [-0.4, -0.2) is 35.5 Å². The largest absolute Gasteiger partial charge is 0.493 e. The van der Waals surface area contributed by atoms with Gasteiger partial charge in [-0.2, -0.15) is 8.42 Å². The number of aliphatic hydroxyl groups is 1. The molecule has 1 saturated heterocycles. The highest BCUT2D eigenvalue weighted by molar-refractivity contribution is 7.91. The molecular formula is C35H29Cl2N5O4S. The van der Waals surface area contributed by atoms with Crippen LogP contribution in [-0.2, 0) is 21.4 Å². The number of anilines is 2.